The van der Waals surface area contributed by atoms with Crippen LogP contribution in [-0.4, -0.2) is 18.0 Å². The minimum absolute atomic E-state index is 0.435. The molecule has 0 bridgehead atoms. The number of methoxy groups -OCH3 is 1. The molecule has 0 aromatic heterocycles. The molecule has 0 heterocycles. The van der Waals surface area contributed by atoms with Gasteiger partial charge in [0.05, 0.1) is 18.6 Å². The summed E-state index contributed by atoms with van der Waals surface area (Å²) >= 11 is 0. The van der Waals surface area contributed by atoms with E-state index in [2.05, 4.69) is 43.3 Å². The molecule has 3 unspecified atom stereocenters. The van der Waals surface area contributed by atoms with Crippen LogP contribution in [0.2, 0.25) is 0 Å². The third-order valence-electron chi connectivity index (χ3n) is 4.63. The molecule has 2 aliphatic rings. The third-order valence-corrected chi connectivity index (χ3v) is 4.63. The van der Waals surface area contributed by atoms with Crippen LogP contribution < -0.4 is 0 Å². The predicted molar refractivity (Wildman–Crippen MR) is 81.8 cm³/mol. The van der Waals surface area contributed by atoms with Crippen LogP contribution in [0.3, 0.4) is 0 Å². The van der Waals surface area contributed by atoms with Crippen LogP contribution in [-0.2, 0) is 4.74 Å². The van der Waals surface area contributed by atoms with E-state index in [1.807, 2.05) is 0 Å². The molecule has 0 aromatic carbocycles. The second-order valence-corrected chi connectivity index (χ2v) is 6.07. The normalized spacial score (nSPS) is 33.1. The van der Waals surface area contributed by atoms with Gasteiger partial charge in [0.2, 0.25) is 0 Å². The standard InChI is InChI=1S/C17H25NO2/c1-12-9-15(11-16(18-19)10-13(12)2)14-5-4-6-17(20-3)8-7-14/h4-5,7-8,12-13,15,19H,6,9-11H2,1-3H3/b18-16-. The fourth-order valence-electron chi connectivity index (χ4n) is 3.09. The van der Waals surface area contributed by atoms with Crippen molar-refractivity contribution >= 4 is 5.71 Å². The van der Waals surface area contributed by atoms with Gasteiger partial charge in [-0.25, -0.2) is 0 Å². The van der Waals surface area contributed by atoms with Crippen molar-refractivity contribution in [3.8, 4) is 0 Å². The van der Waals surface area contributed by atoms with E-state index in [-0.39, 0.29) is 0 Å². The Morgan fingerprint density at radius 1 is 1.20 bits per heavy atom. The van der Waals surface area contributed by atoms with Gasteiger partial charge in [-0.15, -0.1) is 0 Å². The second-order valence-electron chi connectivity index (χ2n) is 6.07. The minimum atomic E-state index is 0.435. The molecule has 0 spiro atoms. The van der Waals surface area contributed by atoms with Gasteiger partial charge in [0.25, 0.3) is 0 Å². The van der Waals surface area contributed by atoms with E-state index in [0.717, 1.165) is 37.2 Å². The maximum atomic E-state index is 9.19. The average molecular weight is 275 g/mol. The quantitative estimate of drug-likeness (QED) is 0.463. The number of nitrogens with zero attached hydrogens (tertiary/aromatic N) is 1. The summed E-state index contributed by atoms with van der Waals surface area (Å²) in [5.41, 5.74) is 2.25. The topological polar surface area (TPSA) is 41.8 Å². The van der Waals surface area contributed by atoms with E-state index in [0.29, 0.717) is 17.8 Å². The van der Waals surface area contributed by atoms with Gasteiger partial charge >= 0.3 is 0 Å². The number of hydrogen-bond acceptors (Lipinski definition) is 3. The lowest BCUT2D eigenvalue weighted by Crippen LogP contribution is -2.10. The van der Waals surface area contributed by atoms with Crippen molar-refractivity contribution in [3.05, 3.63) is 35.6 Å². The van der Waals surface area contributed by atoms with Crippen LogP contribution >= 0.6 is 0 Å². The molecule has 0 aliphatic heterocycles. The molecule has 1 N–H and O–H groups in total. The van der Waals surface area contributed by atoms with Crippen molar-refractivity contribution in [1.82, 2.24) is 0 Å². The summed E-state index contributed by atoms with van der Waals surface area (Å²) in [4.78, 5) is 0. The monoisotopic (exact) mass is 275 g/mol. The largest absolute Gasteiger partial charge is 0.501 e. The van der Waals surface area contributed by atoms with Gasteiger partial charge in [0.15, 0.2) is 0 Å². The summed E-state index contributed by atoms with van der Waals surface area (Å²) in [7, 11) is 1.71. The SMILES string of the molecule is COC1=CC=C(C2C/C(=N\O)CC(C)C(C)C2)C=CC1. The Balaban J connectivity index is 2.22. The van der Waals surface area contributed by atoms with Crippen molar-refractivity contribution in [3.63, 3.8) is 0 Å². The first-order valence-electron chi connectivity index (χ1n) is 7.45. The van der Waals surface area contributed by atoms with Gasteiger partial charge in [-0.1, -0.05) is 37.2 Å². The number of rotatable bonds is 2. The van der Waals surface area contributed by atoms with E-state index in [4.69, 9.17) is 4.74 Å². The summed E-state index contributed by atoms with van der Waals surface area (Å²) in [6, 6.07) is 0. The van der Waals surface area contributed by atoms with Crippen molar-refractivity contribution in [2.24, 2.45) is 22.9 Å². The molecule has 2 aliphatic carbocycles. The van der Waals surface area contributed by atoms with Crippen LogP contribution in [0, 0.1) is 17.8 Å². The van der Waals surface area contributed by atoms with Crippen LogP contribution in [0.1, 0.15) is 39.5 Å². The maximum absolute atomic E-state index is 9.19. The molecule has 20 heavy (non-hydrogen) atoms. The zero-order chi connectivity index (χ0) is 14.5. The van der Waals surface area contributed by atoms with Gasteiger partial charge in [-0.05, 0) is 48.7 Å². The summed E-state index contributed by atoms with van der Waals surface area (Å²) in [5.74, 6) is 2.64. The fourth-order valence-corrected chi connectivity index (χ4v) is 3.09. The molecule has 0 amide bonds. The molecule has 3 heteroatoms. The minimum Gasteiger partial charge on any atom is -0.501 e. The highest BCUT2D eigenvalue weighted by Gasteiger charge is 2.27. The Kier molecular flexibility index (Phi) is 5.05. The highest BCUT2D eigenvalue weighted by atomic mass is 16.5. The van der Waals surface area contributed by atoms with Gasteiger partial charge in [-0.3, -0.25) is 0 Å². The Morgan fingerprint density at radius 2 is 2.00 bits per heavy atom. The van der Waals surface area contributed by atoms with Crippen LogP contribution in [0.15, 0.2) is 40.8 Å². The molecular formula is C17H25NO2. The van der Waals surface area contributed by atoms with E-state index < -0.39 is 0 Å². The molecule has 0 saturated heterocycles. The molecule has 110 valence electrons. The number of hydrogen-bond donors (Lipinski definition) is 1. The van der Waals surface area contributed by atoms with E-state index >= 15 is 0 Å². The maximum Gasteiger partial charge on any atom is 0.0993 e. The Bertz CT molecular complexity index is 460. The van der Waals surface area contributed by atoms with E-state index in [1.54, 1.807) is 7.11 Å². The average Bonchev–Trinajstić information content (AvgIpc) is 2.76. The molecule has 1 saturated carbocycles. The van der Waals surface area contributed by atoms with Crippen molar-refractivity contribution in [2.75, 3.05) is 7.11 Å². The van der Waals surface area contributed by atoms with E-state index in [1.165, 1.54) is 5.57 Å². The Labute approximate surface area is 121 Å². The Hall–Kier alpha value is -1.51. The highest BCUT2D eigenvalue weighted by molar-refractivity contribution is 5.85. The van der Waals surface area contributed by atoms with Gasteiger partial charge < -0.3 is 9.94 Å². The lowest BCUT2D eigenvalue weighted by molar-refractivity contribution is 0.285. The first-order valence-corrected chi connectivity index (χ1v) is 7.45. The third kappa shape index (κ3) is 3.53. The lowest BCUT2D eigenvalue weighted by atomic mass is 9.85. The van der Waals surface area contributed by atoms with Crippen molar-refractivity contribution in [2.45, 2.75) is 39.5 Å². The summed E-state index contributed by atoms with van der Waals surface area (Å²) < 4.78 is 5.31. The zero-order valence-electron chi connectivity index (χ0n) is 12.7. The zero-order valence-corrected chi connectivity index (χ0v) is 12.7. The fraction of sp³-hybridized carbons (Fsp3) is 0.588. The molecule has 1 fully saturated rings. The molecule has 3 atom stereocenters. The molecule has 2 rings (SSSR count). The molecule has 0 aromatic rings. The number of ether oxygens (including phenoxy) is 1. The number of oxime groups is 1. The van der Waals surface area contributed by atoms with Crippen LogP contribution in [0.4, 0.5) is 0 Å². The molecule has 3 nitrogen and oxygen atoms in total. The molecular weight excluding hydrogens is 250 g/mol. The van der Waals surface area contributed by atoms with Gasteiger partial charge in [0, 0.05) is 6.42 Å². The first-order chi connectivity index (χ1) is 9.63. The summed E-state index contributed by atoms with van der Waals surface area (Å²) in [5, 5.41) is 12.7. The van der Waals surface area contributed by atoms with Crippen molar-refractivity contribution in [1.29, 1.82) is 0 Å². The number of allylic oxidation sites excluding steroid dienone is 5. The lowest BCUT2D eigenvalue weighted by Gasteiger charge is -2.20. The second kappa shape index (κ2) is 6.78. The highest BCUT2D eigenvalue weighted by Crippen LogP contribution is 2.35. The van der Waals surface area contributed by atoms with Crippen molar-refractivity contribution < 1.29 is 9.94 Å². The molecule has 0 radical (unpaired) electrons. The van der Waals surface area contributed by atoms with Crippen LogP contribution in [0.5, 0.6) is 0 Å². The summed E-state index contributed by atoms with van der Waals surface area (Å²) in [6.07, 6.45) is 12.3. The van der Waals surface area contributed by atoms with Gasteiger partial charge in [0.1, 0.15) is 0 Å². The first kappa shape index (κ1) is 14.9. The smallest absolute Gasteiger partial charge is 0.0993 e. The van der Waals surface area contributed by atoms with E-state index in [9.17, 15) is 5.21 Å². The summed E-state index contributed by atoms with van der Waals surface area (Å²) in [6.45, 7) is 4.55. The Morgan fingerprint density at radius 3 is 2.70 bits per heavy atom. The predicted octanol–water partition coefficient (Wildman–Crippen LogP) is 4.31. The van der Waals surface area contributed by atoms with Gasteiger partial charge in [-0.2, -0.15) is 0 Å². The van der Waals surface area contributed by atoms with Crippen LogP contribution in [0.25, 0.3) is 0 Å².